The Bertz CT molecular complexity index is 241. The number of amides is 1. The van der Waals surface area contributed by atoms with E-state index in [2.05, 4.69) is 15.5 Å². The second-order valence-corrected chi connectivity index (χ2v) is 4.75. The maximum atomic E-state index is 11.7. The van der Waals surface area contributed by atoms with Gasteiger partial charge in [0.1, 0.15) is 0 Å². The number of hydrogen-bond acceptors (Lipinski definition) is 4. The molecular weight excluding hydrogens is 254 g/mol. The van der Waals surface area contributed by atoms with E-state index in [0.29, 0.717) is 0 Å². The molecule has 1 atom stereocenters. The lowest BCUT2D eigenvalue weighted by Crippen LogP contribution is -2.42. The van der Waals surface area contributed by atoms with Gasteiger partial charge in [-0.25, -0.2) is 0 Å². The minimum atomic E-state index is 0. The third kappa shape index (κ3) is 5.10. The van der Waals surface area contributed by atoms with Crippen LogP contribution in [0.1, 0.15) is 19.3 Å². The van der Waals surface area contributed by atoms with Crippen LogP contribution in [0.15, 0.2) is 0 Å². The van der Waals surface area contributed by atoms with Crippen LogP contribution in [-0.4, -0.2) is 62.8 Å². The van der Waals surface area contributed by atoms with Crippen molar-refractivity contribution in [2.75, 3.05) is 45.9 Å². The first-order chi connectivity index (χ1) is 8.36. The standard InChI is InChI=1S/C12H23N3O2.ClH/c16-12(11-3-1-4-13-11)14-5-2-6-15-7-9-17-10-8-15;/h11,13H,1-10H2,(H,14,16);1H. The Balaban J connectivity index is 0.00000162. The Morgan fingerprint density at radius 2 is 2.17 bits per heavy atom. The summed E-state index contributed by atoms with van der Waals surface area (Å²) in [7, 11) is 0. The van der Waals surface area contributed by atoms with Gasteiger partial charge in [0.25, 0.3) is 0 Å². The number of halogens is 1. The van der Waals surface area contributed by atoms with Crippen LogP contribution in [0.4, 0.5) is 0 Å². The Morgan fingerprint density at radius 1 is 1.39 bits per heavy atom. The van der Waals surface area contributed by atoms with Crippen LogP contribution >= 0.6 is 12.4 Å². The smallest absolute Gasteiger partial charge is 0.237 e. The van der Waals surface area contributed by atoms with Gasteiger partial charge in [-0.05, 0) is 32.4 Å². The second kappa shape index (κ2) is 8.69. The Kier molecular flexibility index (Phi) is 7.58. The van der Waals surface area contributed by atoms with Crippen molar-refractivity contribution in [1.29, 1.82) is 0 Å². The highest BCUT2D eigenvalue weighted by Gasteiger charge is 2.21. The van der Waals surface area contributed by atoms with Gasteiger partial charge in [0.15, 0.2) is 0 Å². The fourth-order valence-electron chi connectivity index (χ4n) is 2.37. The molecule has 0 saturated carbocycles. The summed E-state index contributed by atoms with van der Waals surface area (Å²) < 4.78 is 5.29. The highest BCUT2D eigenvalue weighted by atomic mass is 35.5. The molecule has 0 aromatic heterocycles. The second-order valence-electron chi connectivity index (χ2n) is 4.75. The Morgan fingerprint density at radius 3 is 2.83 bits per heavy atom. The molecule has 0 aromatic rings. The zero-order valence-electron chi connectivity index (χ0n) is 10.8. The average Bonchev–Trinajstić information content (AvgIpc) is 2.89. The van der Waals surface area contributed by atoms with E-state index in [1.807, 2.05) is 0 Å². The van der Waals surface area contributed by atoms with Gasteiger partial charge in [-0.3, -0.25) is 9.69 Å². The molecule has 0 aliphatic carbocycles. The molecule has 2 aliphatic heterocycles. The van der Waals surface area contributed by atoms with E-state index in [4.69, 9.17) is 4.74 Å². The topological polar surface area (TPSA) is 53.6 Å². The minimum Gasteiger partial charge on any atom is -0.379 e. The molecule has 1 unspecified atom stereocenters. The van der Waals surface area contributed by atoms with Gasteiger partial charge in [0.05, 0.1) is 19.3 Å². The van der Waals surface area contributed by atoms with E-state index >= 15 is 0 Å². The highest BCUT2D eigenvalue weighted by molar-refractivity contribution is 5.85. The van der Waals surface area contributed by atoms with Crippen LogP contribution in [0.2, 0.25) is 0 Å². The molecule has 0 radical (unpaired) electrons. The molecule has 1 amide bonds. The first-order valence-corrected chi connectivity index (χ1v) is 6.67. The summed E-state index contributed by atoms with van der Waals surface area (Å²) >= 11 is 0. The quantitative estimate of drug-likeness (QED) is 0.695. The van der Waals surface area contributed by atoms with Crippen LogP contribution in [0.3, 0.4) is 0 Å². The molecule has 2 heterocycles. The number of hydrogen-bond donors (Lipinski definition) is 2. The maximum absolute atomic E-state index is 11.7. The first-order valence-electron chi connectivity index (χ1n) is 6.67. The zero-order valence-corrected chi connectivity index (χ0v) is 11.6. The van der Waals surface area contributed by atoms with Gasteiger partial charge in [0.2, 0.25) is 5.91 Å². The van der Waals surface area contributed by atoms with Crippen LogP contribution in [0.25, 0.3) is 0 Å². The molecule has 2 saturated heterocycles. The lowest BCUT2D eigenvalue weighted by Gasteiger charge is -2.26. The number of carbonyl (C=O) groups excluding carboxylic acids is 1. The molecule has 0 bridgehead atoms. The lowest BCUT2D eigenvalue weighted by molar-refractivity contribution is -0.122. The van der Waals surface area contributed by atoms with Crippen molar-refractivity contribution < 1.29 is 9.53 Å². The maximum Gasteiger partial charge on any atom is 0.237 e. The third-order valence-corrected chi connectivity index (χ3v) is 3.43. The van der Waals surface area contributed by atoms with E-state index in [-0.39, 0.29) is 24.4 Å². The SMILES string of the molecule is Cl.O=C(NCCCN1CCOCC1)C1CCCN1. The molecule has 2 aliphatic rings. The van der Waals surface area contributed by atoms with E-state index in [1.165, 1.54) is 0 Å². The van der Waals surface area contributed by atoms with Crippen molar-refractivity contribution >= 4 is 18.3 Å². The van der Waals surface area contributed by atoms with E-state index in [9.17, 15) is 4.79 Å². The molecule has 2 N–H and O–H groups in total. The largest absolute Gasteiger partial charge is 0.379 e. The predicted octanol–water partition coefficient (Wildman–Crippen LogP) is -0.00130. The number of nitrogens with one attached hydrogen (secondary N) is 2. The van der Waals surface area contributed by atoms with Crippen LogP contribution in [0.5, 0.6) is 0 Å². The summed E-state index contributed by atoms with van der Waals surface area (Å²) in [5.41, 5.74) is 0. The highest BCUT2D eigenvalue weighted by Crippen LogP contribution is 2.04. The van der Waals surface area contributed by atoms with E-state index < -0.39 is 0 Å². The van der Waals surface area contributed by atoms with Crippen molar-refractivity contribution in [3.8, 4) is 0 Å². The van der Waals surface area contributed by atoms with E-state index in [1.54, 1.807) is 0 Å². The molecule has 2 fully saturated rings. The lowest BCUT2D eigenvalue weighted by atomic mass is 10.2. The van der Waals surface area contributed by atoms with Crippen molar-refractivity contribution in [2.24, 2.45) is 0 Å². The Labute approximate surface area is 115 Å². The third-order valence-electron chi connectivity index (χ3n) is 3.43. The monoisotopic (exact) mass is 277 g/mol. The molecular formula is C12H24ClN3O2. The predicted molar refractivity (Wildman–Crippen MR) is 73.2 cm³/mol. The summed E-state index contributed by atoms with van der Waals surface area (Å²) in [6.45, 7) is 6.56. The Hall–Kier alpha value is -0.360. The van der Waals surface area contributed by atoms with Crippen molar-refractivity contribution in [2.45, 2.75) is 25.3 Å². The van der Waals surface area contributed by atoms with Gasteiger partial charge in [-0.1, -0.05) is 0 Å². The number of nitrogens with zero attached hydrogens (tertiary/aromatic N) is 1. The fraction of sp³-hybridized carbons (Fsp3) is 0.917. The summed E-state index contributed by atoms with van der Waals surface area (Å²) in [6.07, 6.45) is 3.12. The van der Waals surface area contributed by atoms with Gasteiger partial charge < -0.3 is 15.4 Å². The minimum absolute atomic E-state index is 0. The number of morpholine rings is 1. The summed E-state index contributed by atoms with van der Waals surface area (Å²) in [5, 5.41) is 6.21. The van der Waals surface area contributed by atoms with Crippen molar-refractivity contribution in [3.63, 3.8) is 0 Å². The normalized spacial score (nSPS) is 24.6. The molecule has 5 nitrogen and oxygen atoms in total. The van der Waals surface area contributed by atoms with Gasteiger partial charge in [0, 0.05) is 19.6 Å². The van der Waals surface area contributed by atoms with Crippen molar-refractivity contribution in [3.05, 3.63) is 0 Å². The number of carbonyl (C=O) groups is 1. The zero-order chi connectivity index (χ0) is 11.9. The first kappa shape index (κ1) is 15.7. The van der Waals surface area contributed by atoms with Crippen LogP contribution in [-0.2, 0) is 9.53 Å². The molecule has 0 spiro atoms. The number of ether oxygens (including phenoxy) is 1. The number of rotatable bonds is 5. The molecule has 106 valence electrons. The fourth-order valence-corrected chi connectivity index (χ4v) is 2.37. The molecule has 6 heteroatoms. The molecule has 2 rings (SSSR count). The van der Waals surface area contributed by atoms with Gasteiger partial charge in [-0.15, -0.1) is 12.4 Å². The molecule has 18 heavy (non-hydrogen) atoms. The van der Waals surface area contributed by atoms with Gasteiger partial charge in [-0.2, -0.15) is 0 Å². The van der Waals surface area contributed by atoms with E-state index in [0.717, 1.165) is 65.2 Å². The molecule has 0 aromatic carbocycles. The average molecular weight is 278 g/mol. The summed E-state index contributed by atoms with van der Waals surface area (Å²) in [4.78, 5) is 14.1. The van der Waals surface area contributed by atoms with Gasteiger partial charge >= 0.3 is 0 Å². The summed E-state index contributed by atoms with van der Waals surface area (Å²) in [5.74, 6) is 0.171. The van der Waals surface area contributed by atoms with Crippen LogP contribution < -0.4 is 10.6 Å². The summed E-state index contributed by atoms with van der Waals surface area (Å²) in [6, 6.07) is 0.0541. The van der Waals surface area contributed by atoms with Crippen molar-refractivity contribution in [1.82, 2.24) is 15.5 Å². The van der Waals surface area contributed by atoms with Crippen LogP contribution in [0, 0.1) is 0 Å².